The number of carbonyl (C=O) groups is 1. The molecule has 6 heteroatoms. The molecule has 0 spiro atoms. The van der Waals surface area contributed by atoms with Crippen molar-refractivity contribution in [3.8, 4) is 0 Å². The first-order chi connectivity index (χ1) is 10.9. The number of amides is 1. The van der Waals surface area contributed by atoms with Crippen LogP contribution in [0.5, 0.6) is 0 Å². The molecule has 1 aliphatic heterocycles. The van der Waals surface area contributed by atoms with Crippen molar-refractivity contribution in [1.82, 2.24) is 4.90 Å². The summed E-state index contributed by atoms with van der Waals surface area (Å²) in [6.07, 6.45) is 7.34. The Hall–Kier alpha value is -1.56. The Morgan fingerprint density at radius 2 is 1.91 bits per heavy atom. The van der Waals surface area contributed by atoms with E-state index in [2.05, 4.69) is 4.72 Å². The number of nitrogens with one attached hydrogen (secondary N) is 1. The van der Waals surface area contributed by atoms with Crippen LogP contribution in [0.2, 0.25) is 0 Å². The van der Waals surface area contributed by atoms with Crippen molar-refractivity contribution in [3.63, 3.8) is 0 Å². The fourth-order valence-corrected chi connectivity index (χ4v) is 4.45. The Bertz CT molecular complexity index is 687. The molecule has 1 aromatic carbocycles. The maximum Gasteiger partial charge on any atom is 0.253 e. The standard InChI is InChI=1S/C17H24N2O3S/c1-23(21,22)18-16-8-4-7-14(11-16)17(20)19-10-9-13-5-2-3-6-15(13)12-19/h4,7-8,11,13,15,18H,2-3,5-6,9-10,12H2,1H3/t13-,15-/m1/s1. The first-order valence-corrected chi connectivity index (χ1v) is 10.2. The Kier molecular flexibility index (Phi) is 4.62. The molecule has 1 aliphatic carbocycles. The molecule has 1 amide bonds. The average molecular weight is 336 g/mol. The molecule has 2 fully saturated rings. The van der Waals surface area contributed by atoms with Crippen LogP contribution in [0.15, 0.2) is 24.3 Å². The van der Waals surface area contributed by atoms with E-state index in [0.717, 1.165) is 31.7 Å². The molecular formula is C17H24N2O3S. The van der Waals surface area contributed by atoms with Gasteiger partial charge in [-0.1, -0.05) is 25.3 Å². The third kappa shape index (κ3) is 4.05. The molecule has 1 N–H and O–H groups in total. The topological polar surface area (TPSA) is 66.5 Å². The van der Waals surface area contributed by atoms with E-state index in [4.69, 9.17) is 0 Å². The third-order valence-electron chi connectivity index (χ3n) is 4.99. The van der Waals surface area contributed by atoms with Crippen LogP contribution < -0.4 is 4.72 Å². The van der Waals surface area contributed by atoms with E-state index in [1.807, 2.05) is 4.90 Å². The summed E-state index contributed by atoms with van der Waals surface area (Å²) in [6.45, 7) is 1.65. The van der Waals surface area contributed by atoms with Gasteiger partial charge in [-0.3, -0.25) is 9.52 Å². The van der Waals surface area contributed by atoms with Gasteiger partial charge >= 0.3 is 0 Å². The van der Waals surface area contributed by atoms with E-state index >= 15 is 0 Å². The minimum Gasteiger partial charge on any atom is -0.338 e. The molecule has 2 atom stereocenters. The molecule has 1 saturated heterocycles. The number of hydrogen-bond donors (Lipinski definition) is 1. The average Bonchev–Trinajstić information content (AvgIpc) is 2.52. The fraction of sp³-hybridized carbons (Fsp3) is 0.588. The molecule has 3 rings (SSSR count). The molecular weight excluding hydrogens is 312 g/mol. The summed E-state index contributed by atoms with van der Waals surface area (Å²) in [5, 5.41) is 0. The molecule has 0 radical (unpaired) electrons. The Balaban J connectivity index is 1.71. The van der Waals surface area contributed by atoms with Crippen LogP contribution in [0.1, 0.15) is 42.5 Å². The van der Waals surface area contributed by atoms with Crippen molar-refractivity contribution in [3.05, 3.63) is 29.8 Å². The van der Waals surface area contributed by atoms with Crippen LogP contribution in [-0.2, 0) is 10.0 Å². The van der Waals surface area contributed by atoms with E-state index in [1.165, 1.54) is 25.7 Å². The summed E-state index contributed by atoms with van der Waals surface area (Å²) in [4.78, 5) is 14.7. The van der Waals surface area contributed by atoms with Gasteiger partial charge in [0.1, 0.15) is 0 Å². The minimum absolute atomic E-state index is 0.00572. The quantitative estimate of drug-likeness (QED) is 0.923. The Labute approximate surface area is 138 Å². The Morgan fingerprint density at radius 3 is 2.65 bits per heavy atom. The molecule has 0 unspecified atom stereocenters. The van der Waals surface area contributed by atoms with E-state index in [1.54, 1.807) is 24.3 Å². The van der Waals surface area contributed by atoms with Crippen LogP contribution >= 0.6 is 0 Å². The first kappa shape index (κ1) is 16.3. The number of piperidine rings is 1. The zero-order valence-corrected chi connectivity index (χ0v) is 14.3. The number of hydrogen-bond acceptors (Lipinski definition) is 3. The van der Waals surface area contributed by atoms with Crippen molar-refractivity contribution in [2.24, 2.45) is 11.8 Å². The number of anilines is 1. The maximum absolute atomic E-state index is 12.7. The van der Waals surface area contributed by atoms with Gasteiger partial charge in [0.15, 0.2) is 0 Å². The molecule has 1 aromatic rings. The first-order valence-electron chi connectivity index (χ1n) is 8.29. The SMILES string of the molecule is CS(=O)(=O)Nc1cccc(C(=O)N2CC[C@H]3CCCC[C@@H]3C2)c1. The zero-order chi connectivity index (χ0) is 16.4. The highest BCUT2D eigenvalue weighted by Gasteiger charge is 2.33. The van der Waals surface area contributed by atoms with Gasteiger partial charge in [-0.15, -0.1) is 0 Å². The van der Waals surface area contributed by atoms with Crippen molar-refractivity contribution >= 4 is 21.6 Å². The van der Waals surface area contributed by atoms with Gasteiger partial charge in [-0.05, 0) is 42.9 Å². The van der Waals surface area contributed by atoms with Crippen LogP contribution in [0.25, 0.3) is 0 Å². The van der Waals surface area contributed by atoms with Gasteiger partial charge in [0.05, 0.1) is 6.26 Å². The van der Waals surface area contributed by atoms with Crippen molar-refractivity contribution in [2.75, 3.05) is 24.1 Å². The van der Waals surface area contributed by atoms with E-state index in [0.29, 0.717) is 17.2 Å². The number of fused-ring (bicyclic) bond motifs is 1. The lowest BCUT2D eigenvalue weighted by Gasteiger charge is -2.41. The van der Waals surface area contributed by atoms with E-state index < -0.39 is 10.0 Å². The highest BCUT2D eigenvalue weighted by atomic mass is 32.2. The predicted molar refractivity (Wildman–Crippen MR) is 90.9 cm³/mol. The summed E-state index contributed by atoms with van der Waals surface area (Å²) in [6, 6.07) is 6.75. The number of likely N-dealkylation sites (tertiary alicyclic amines) is 1. The molecule has 1 saturated carbocycles. The molecule has 23 heavy (non-hydrogen) atoms. The highest BCUT2D eigenvalue weighted by molar-refractivity contribution is 7.92. The number of sulfonamides is 1. The summed E-state index contributed by atoms with van der Waals surface area (Å²) in [7, 11) is -3.34. The van der Waals surface area contributed by atoms with Gasteiger partial charge in [-0.25, -0.2) is 8.42 Å². The normalized spacial score (nSPS) is 24.8. The van der Waals surface area contributed by atoms with E-state index in [9.17, 15) is 13.2 Å². The van der Waals surface area contributed by atoms with Gasteiger partial charge < -0.3 is 4.90 Å². The maximum atomic E-state index is 12.7. The summed E-state index contributed by atoms with van der Waals surface area (Å²) in [5.74, 6) is 1.43. The number of nitrogens with zero attached hydrogens (tertiary/aromatic N) is 1. The number of benzene rings is 1. The number of carbonyl (C=O) groups excluding carboxylic acids is 1. The second-order valence-corrected chi connectivity index (χ2v) is 8.55. The lowest BCUT2D eigenvalue weighted by atomic mass is 9.75. The second kappa shape index (κ2) is 6.51. The fourth-order valence-electron chi connectivity index (χ4n) is 3.90. The van der Waals surface area contributed by atoms with Gasteiger partial charge in [0.25, 0.3) is 5.91 Å². The molecule has 2 aliphatic rings. The molecule has 0 aromatic heterocycles. The van der Waals surface area contributed by atoms with E-state index in [-0.39, 0.29) is 5.91 Å². The van der Waals surface area contributed by atoms with Crippen LogP contribution in [0.3, 0.4) is 0 Å². The highest BCUT2D eigenvalue weighted by Crippen LogP contribution is 2.36. The lowest BCUT2D eigenvalue weighted by molar-refractivity contribution is 0.0521. The Morgan fingerprint density at radius 1 is 1.17 bits per heavy atom. The summed E-state index contributed by atoms with van der Waals surface area (Å²) in [5.41, 5.74) is 0.985. The van der Waals surface area contributed by atoms with Crippen LogP contribution in [-0.4, -0.2) is 38.6 Å². The number of rotatable bonds is 3. The predicted octanol–water partition coefficient (Wildman–Crippen LogP) is 2.71. The van der Waals surface area contributed by atoms with Crippen LogP contribution in [0.4, 0.5) is 5.69 Å². The van der Waals surface area contributed by atoms with Gasteiger partial charge in [-0.2, -0.15) is 0 Å². The van der Waals surface area contributed by atoms with Crippen LogP contribution in [0, 0.1) is 11.8 Å². The monoisotopic (exact) mass is 336 g/mol. The second-order valence-electron chi connectivity index (χ2n) is 6.80. The third-order valence-corrected chi connectivity index (χ3v) is 5.60. The minimum atomic E-state index is -3.34. The van der Waals surface area contributed by atoms with Crippen molar-refractivity contribution in [2.45, 2.75) is 32.1 Å². The van der Waals surface area contributed by atoms with Crippen molar-refractivity contribution < 1.29 is 13.2 Å². The molecule has 0 bridgehead atoms. The molecule has 5 nitrogen and oxygen atoms in total. The largest absolute Gasteiger partial charge is 0.338 e. The smallest absolute Gasteiger partial charge is 0.253 e. The summed E-state index contributed by atoms with van der Waals surface area (Å²) < 4.78 is 25.1. The zero-order valence-electron chi connectivity index (χ0n) is 13.5. The summed E-state index contributed by atoms with van der Waals surface area (Å²) >= 11 is 0. The van der Waals surface area contributed by atoms with Gasteiger partial charge in [0, 0.05) is 24.3 Å². The van der Waals surface area contributed by atoms with Gasteiger partial charge in [0.2, 0.25) is 10.0 Å². The molecule has 1 heterocycles. The molecule has 126 valence electrons. The van der Waals surface area contributed by atoms with Crippen molar-refractivity contribution in [1.29, 1.82) is 0 Å². The lowest BCUT2D eigenvalue weighted by Crippen LogP contribution is -2.44.